The molecule has 8 nitrogen and oxygen atoms in total. The fourth-order valence-corrected chi connectivity index (χ4v) is 3.97. The summed E-state index contributed by atoms with van der Waals surface area (Å²) in [6.07, 6.45) is 10.0. The molecule has 0 aliphatic carbocycles. The first-order valence-corrected chi connectivity index (χ1v) is 11.2. The number of nitrogens with zero attached hydrogens (tertiary/aromatic N) is 5. The van der Waals surface area contributed by atoms with E-state index in [1.807, 2.05) is 6.08 Å². The van der Waals surface area contributed by atoms with Gasteiger partial charge in [-0.3, -0.25) is 4.79 Å². The highest BCUT2D eigenvalue weighted by Gasteiger charge is 2.23. The molecule has 1 aliphatic rings. The van der Waals surface area contributed by atoms with Gasteiger partial charge in [0.25, 0.3) is 5.91 Å². The van der Waals surface area contributed by atoms with Crippen molar-refractivity contribution in [3.63, 3.8) is 0 Å². The number of hydrogen-bond acceptors (Lipinski definition) is 5. The second-order valence-electron chi connectivity index (χ2n) is 7.74. The Morgan fingerprint density at radius 2 is 2.18 bits per heavy atom. The van der Waals surface area contributed by atoms with Gasteiger partial charge in [0.2, 0.25) is 0 Å². The van der Waals surface area contributed by atoms with Crippen molar-refractivity contribution < 1.29 is 9.18 Å². The van der Waals surface area contributed by atoms with Crippen LogP contribution in [0.5, 0.6) is 0 Å². The summed E-state index contributed by atoms with van der Waals surface area (Å²) < 4.78 is 17.7. The molecule has 10 heteroatoms. The van der Waals surface area contributed by atoms with Crippen molar-refractivity contribution in [2.45, 2.75) is 38.5 Å². The Bertz CT molecular complexity index is 1210. The fraction of sp³-hybridized carbons (Fsp3) is 0.304. The largest absolute Gasteiger partial charge is 0.330 e. The van der Waals surface area contributed by atoms with Crippen LogP contribution in [-0.2, 0) is 0 Å². The van der Waals surface area contributed by atoms with Crippen molar-refractivity contribution in [3.05, 3.63) is 58.6 Å². The summed E-state index contributed by atoms with van der Waals surface area (Å²) in [5.74, 6) is -0.113. The number of amides is 1. The maximum absolute atomic E-state index is 14.8. The lowest BCUT2D eigenvalue weighted by molar-refractivity contribution is 0.102. The first kappa shape index (κ1) is 22.9. The average Bonchev–Trinajstić information content (AvgIpc) is 3.30. The molecule has 3 N–H and O–H groups in total. The lowest BCUT2D eigenvalue weighted by Crippen LogP contribution is -2.15. The van der Waals surface area contributed by atoms with Gasteiger partial charge in [-0.05, 0) is 37.6 Å². The second kappa shape index (κ2) is 10.1. The van der Waals surface area contributed by atoms with Crippen LogP contribution in [0.4, 0.5) is 16.0 Å². The maximum atomic E-state index is 14.8. The molecular formula is C23H25ClFN7O. The number of halogens is 2. The molecule has 0 saturated carbocycles. The average molecular weight is 470 g/mol. The number of benzene rings is 1. The lowest BCUT2D eigenvalue weighted by atomic mass is 9.96. The zero-order valence-corrected chi connectivity index (χ0v) is 19.0. The first-order valence-electron chi connectivity index (χ1n) is 10.8. The van der Waals surface area contributed by atoms with Gasteiger partial charge >= 0.3 is 0 Å². The van der Waals surface area contributed by atoms with E-state index in [0.29, 0.717) is 30.2 Å². The minimum Gasteiger partial charge on any atom is -0.330 e. The molecule has 0 bridgehead atoms. The molecule has 1 aromatic carbocycles. The number of aliphatic imine (C=N–C) groups is 1. The predicted octanol–water partition coefficient (Wildman–Crippen LogP) is 4.92. The topological polar surface area (TPSA) is 103 Å². The van der Waals surface area contributed by atoms with E-state index < -0.39 is 11.7 Å². The molecule has 2 aromatic heterocycles. The Hall–Kier alpha value is -3.30. The van der Waals surface area contributed by atoms with E-state index >= 15 is 0 Å². The third kappa shape index (κ3) is 4.89. The number of carbonyl (C=O) groups is 1. The van der Waals surface area contributed by atoms with Crippen LogP contribution in [-0.4, -0.2) is 38.2 Å². The molecule has 1 aliphatic heterocycles. The molecule has 1 unspecified atom stereocenters. The summed E-state index contributed by atoms with van der Waals surface area (Å²) in [5.41, 5.74) is 7.03. The van der Waals surface area contributed by atoms with Crippen molar-refractivity contribution in [2.24, 2.45) is 10.7 Å². The molecule has 0 radical (unpaired) electrons. The van der Waals surface area contributed by atoms with Gasteiger partial charge < -0.3 is 11.1 Å². The standard InChI is InChI=1S/C23H25ClFN7O/c1-2-5-15(8-9-26)19-13-21(32(30-19)20-7-6-16(24)12-18(20)25)29-23(33)17-14-28-31-11-4-3-10-27-22(17)31/h4,6-7,10-15H,2-3,5,8-9,26H2,1H3,(H,29,33). The van der Waals surface area contributed by atoms with E-state index in [4.69, 9.17) is 17.3 Å². The fourth-order valence-electron chi connectivity index (χ4n) is 3.81. The Morgan fingerprint density at radius 3 is 2.94 bits per heavy atom. The third-order valence-corrected chi connectivity index (χ3v) is 5.63. The van der Waals surface area contributed by atoms with Crippen LogP contribution >= 0.6 is 11.6 Å². The van der Waals surface area contributed by atoms with Crippen LogP contribution in [0, 0.1) is 5.82 Å². The van der Waals surface area contributed by atoms with Crippen molar-refractivity contribution >= 4 is 41.6 Å². The number of aromatic nitrogens is 4. The monoisotopic (exact) mass is 469 g/mol. The van der Waals surface area contributed by atoms with Gasteiger partial charge in [0.1, 0.15) is 22.9 Å². The van der Waals surface area contributed by atoms with Crippen LogP contribution in [0.1, 0.15) is 54.6 Å². The lowest BCUT2D eigenvalue weighted by Gasteiger charge is -2.12. The summed E-state index contributed by atoms with van der Waals surface area (Å²) >= 11 is 5.93. The van der Waals surface area contributed by atoms with Gasteiger partial charge in [-0.1, -0.05) is 31.0 Å². The Morgan fingerprint density at radius 1 is 1.33 bits per heavy atom. The van der Waals surface area contributed by atoms with Gasteiger partial charge in [0, 0.05) is 35.8 Å². The molecule has 33 heavy (non-hydrogen) atoms. The highest BCUT2D eigenvalue weighted by Crippen LogP contribution is 2.30. The van der Waals surface area contributed by atoms with Gasteiger partial charge in [0.15, 0.2) is 5.82 Å². The molecule has 0 spiro atoms. The Labute approximate surface area is 195 Å². The minimum atomic E-state index is -0.548. The Balaban J connectivity index is 1.74. The smallest absolute Gasteiger partial charge is 0.262 e. The number of nitrogens with one attached hydrogen (secondary N) is 1. The van der Waals surface area contributed by atoms with E-state index in [-0.39, 0.29) is 16.6 Å². The van der Waals surface area contributed by atoms with Gasteiger partial charge in [-0.2, -0.15) is 10.2 Å². The zero-order chi connectivity index (χ0) is 23.4. The van der Waals surface area contributed by atoms with Gasteiger partial charge in [-0.25, -0.2) is 18.7 Å². The van der Waals surface area contributed by atoms with Crippen LogP contribution < -0.4 is 11.1 Å². The molecule has 0 saturated heterocycles. The Kier molecular flexibility index (Phi) is 7.00. The molecule has 1 atom stereocenters. The van der Waals surface area contributed by atoms with Crippen molar-refractivity contribution in [1.29, 1.82) is 0 Å². The summed E-state index contributed by atoms with van der Waals surface area (Å²) in [6.45, 7) is 2.59. The summed E-state index contributed by atoms with van der Waals surface area (Å²) in [6, 6.07) is 6.09. The molecule has 3 aromatic rings. The van der Waals surface area contributed by atoms with E-state index in [0.717, 1.165) is 25.0 Å². The SMILES string of the molecule is CCCC(CCN)c1cc(NC(=O)c2cnn3c2N=CCC=C3)n(-c2ccc(Cl)cc2F)n1. The zero-order valence-electron chi connectivity index (χ0n) is 18.2. The minimum absolute atomic E-state index is 0.0921. The van der Waals surface area contributed by atoms with Crippen LogP contribution in [0.3, 0.4) is 0 Å². The number of allylic oxidation sites excluding steroid dienone is 1. The summed E-state index contributed by atoms with van der Waals surface area (Å²) in [5, 5.41) is 12.0. The van der Waals surface area contributed by atoms with Crippen molar-refractivity contribution in [2.75, 3.05) is 11.9 Å². The highest BCUT2D eigenvalue weighted by molar-refractivity contribution is 6.30. The van der Waals surface area contributed by atoms with Gasteiger partial charge in [-0.15, -0.1) is 0 Å². The number of anilines is 1. The molecule has 1 amide bonds. The molecular weight excluding hydrogens is 445 g/mol. The van der Waals surface area contributed by atoms with E-state index in [2.05, 4.69) is 27.4 Å². The summed E-state index contributed by atoms with van der Waals surface area (Å²) in [7, 11) is 0. The van der Waals surface area contributed by atoms with Crippen molar-refractivity contribution in [1.82, 2.24) is 19.6 Å². The molecule has 172 valence electrons. The number of hydrogen-bond donors (Lipinski definition) is 2. The van der Waals surface area contributed by atoms with E-state index in [9.17, 15) is 9.18 Å². The van der Waals surface area contributed by atoms with Crippen molar-refractivity contribution in [3.8, 4) is 5.69 Å². The normalized spacial score (nSPS) is 13.6. The van der Waals surface area contributed by atoms with E-state index in [1.165, 1.54) is 23.0 Å². The van der Waals surface area contributed by atoms with Crippen LogP contribution in [0.2, 0.25) is 5.02 Å². The maximum Gasteiger partial charge on any atom is 0.262 e. The molecule has 0 fully saturated rings. The third-order valence-electron chi connectivity index (χ3n) is 5.39. The molecule has 4 rings (SSSR count). The number of nitrogens with two attached hydrogens (primary N) is 1. The number of fused-ring (bicyclic) bond motifs is 1. The highest BCUT2D eigenvalue weighted by atomic mass is 35.5. The van der Waals surface area contributed by atoms with Crippen LogP contribution in [0.25, 0.3) is 11.9 Å². The summed E-state index contributed by atoms with van der Waals surface area (Å²) in [4.78, 5) is 17.5. The quantitative estimate of drug-likeness (QED) is 0.488. The predicted molar refractivity (Wildman–Crippen MR) is 128 cm³/mol. The second-order valence-corrected chi connectivity index (χ2v) is 8.17. The van der Waals surface area contributed by atoms with Crippen LogP contribution in [0.15, 0.2) is 41.5 Å². The number of rotatable bonds is 8. The van der Waals surface area contributed by atoms with E-state index in [1.54, 1.807) is 29.2 Å². The number of carbonyl (C=O) groups excluding carboxylic acids is 1. The first-order chi connectivity index (χ1) is 16.0. The molecule has 3 heterocycles. The van der Waals surface area contributed by atoms with Gasteiger partial charge in [0.05, 0.1) is 11.9 Å².